The fourth-order valence-electron chi connectivity index (χ4n) is 2.76. The molecule has 0 saturated heterocycles. The lowest BCUT2D eigenvalue weighted by molar-refractivity contribution is -0.143. The summed E-state index contributed by atoms with van der Waals surface area (Å²) in [5.74, 6) is -0.407. The van der Waals surface area contributed by atoms with Crippen molar-refractivity contribution in [3.63, 3.8) is 0 Å². The van der Waals surface area contributed by atoms with E-state index in [1.807, 2.05) is 32.9 Å². The first-order chi connectivity index (χ1) is 9.80. The Morgan fingerprint density at radius 2 is 2.05 bits per heavy atom. The molecule has 0 aromatic rings. The van der Waals surface area contributed by atoms with Gasteiger partial charge in [0.15, 0.2) is 0 Å². The highest BCUT2D eigenvalue weighted by atomic mass is 16.6. The molecule has 2 unspecified atom stereocenters. The van der Waals surface area contributed by atoms with E-state index in [0.717, 1.165) is 24.0 Å². The van der Waals surface area contributed by atoms with Crippen molar-refractivity contribution >= 4 is 12.1 Å². The Hall–Kier alpha value is -1.78. The maximum absolute atomic E-state index is 11.9. The van der Waals surface area contributed by atoms with Crippen LogP contribution in [0.1, 0.15) is 40.0 Å². The van der Waals surface area contributed by atoms with Crippen molar-refractivity contribution in [3.05, 3.63) is 23.3 Å². The Kier molecular flexibility index (Phi) is 4.40. The van der Waals surface area contributed by atoms with Gasteiger partial charge in [-0.1, -0.05) is 12.2 Å². The van der Waals surface area contributed by atoms with Crippen molar-refractivity contribution in [2.75, 3.05) is 7.11 Å². The highest BCUT2D eigenvalue weighted by molar-refractivity contribution is 5.76. The summed E-state index contributed by atoms with van der Waals surface area (Å²) < 4.78 is 10.1. The SMILES string of the molecule is COC(=O)C1C=C2CCC(NC(=O)OC(C)(C)C)C2=CC1. The summed E-state index contributed by atoms with van der Waals surface area (Å²) in [6.45, 7) is 5.52. The third-order valence-electron chi connectivity index (χ3n) is 3.64. The maximum atomic E-state index is 11.9. The number of carbonyl (C=O) groups excluding carboxylic acids is 2. The molecule has 1 saturated carbocycles. The van der Waals surface area contributed by atoms with Gasteiger partial charge in [0.05, 0.1) is 19.1 Å². The van der Waals surface area contributed by atoms with E-state index in [-0.39, 0.29) is 17.9 Å². The molecule has 0 aliphatic heterocycles. The predicted molar refractivity (Wildman–Crippen MR) is 78.7 cm³/mol. The number of ether oxygens (including phenoxy) is 2. The molecule has 1 amide bonds. The summed E-state index contributed by atoms with van der Waals surface area (Å²) >= 11 is 0. The van der Waals surface area contributed by atoms with Crippen molar-refractivity contribution in [1.29, 1.82) is 0 Å². The zero-order valence-electron chi connectivity index (χ0n) is 13.1. The summed E-state index contributed by atoms with van der Waals surface area (Å²) in [5, 5.41) is 2.91. The number of methoxy groups -OCH3 is 1. The first-order valence-corrected chi connectivity index (χ1v) is 7.28. The first kappa shape index (κ1) is 15.6. The van der Waals surface area contributed by atoms with E-state index in [0.29, 0.717) is 6.42 Å². The molecule has 0 aromatic heterocycles. The Morgan fingerprint density at radius 1 is 1.33 bits per heavy atom. The van der Waals surface area contributed by atoms with Gasteiger partial charge < -0.3 is 14.8 Å². The van der Waals surface area contributed by atoms with Crippen molar-refractivity contribution in [2.45, 2.75) is 51.7 Å². The minimum absolute atomic E-state index is 0.0234. The number of hydrogen-bond donors (Lipinski definition) is 1. The van der Waals surface area contributed by atoms with Crippen LogP contribution in [0.3, 0.4) is 0 Å². The van der Waals surface area contributed by atoms with E-state index < -0.39 is 11.7 Å². The number of allylic oxidation sites excluding steroid dienone is 1. The molecule has 0 heterocycles. The van der Waals surface area contributed by atoms with Gasteiger partial charge in [0.1, 0.15) is 5.60 Å². The molecule has 5 heteroatoms. The van der Waals surface area contributed by atoms with E-state index in [9.17, 15) is 9.59 Å². The standard InChI is InChI=1S/C16H23NO4/c1-16(2,3)21-15(19)17-13-8-6-10-9-11(14(18)20-4)5-7-12(10)13/h7,9,11,13H,5-6,8H2,1-4H3,(H,17,19). The number of hydrogen-bond acceptors (Lipinski definition) is 4. The molecule has 0 aromatic carbocycles. The van der Waals surface area contributed by atoms with Crippen LogP contribution in [0.25, 0.3) is 0 Å². The lowest BCUT2D eigenvalue weighted by Gasteiger charge is -2.23. The van der Waals surface area contributed by atoms with E-state index in [1.165, 1.54) is 7.11 Å². The molecule has 2 rings (SSSR count). The molecular formula is C16H23NO4. The second kappa shape index (κ2) is 5.92. The zero-order valence-corrected chi connectivity index (χ0v) is 13.1. The second-order valence-electron chi connectivity index (χ2n) is 6.45. The average molecular weight is 293 g/mol. The van der Waals surface area contributed by atoms with E-state index >= 15 is 0 Å². The molecule has 0 bridgehead atoms. The Balaban J connectivity index is 1.99. The number of alkyl carbamates (subject to hydrolysis) is 1. The molecule has 5 nitrogen and oxygen atoms in total. The van der Waals surface area contributed by atoms with Gasteiger partial charge in [-0.05, 0) is 51.2 Å². The van der Waals surface area contributed by atoms with Crippen LogP contribution < -0.4 is 5.32 Å². The zero-order chi connectivity index (χ0) is 15.6. The Labute approximate surface area is 125 Å². The van der Waals surface area contributed by atoms with Crippen molar-refractivity contribution in [2.24, 2.45) is 5.92 Å². The number of amides is 1. The van der Waals surface area contributed by atoms with Crippen molar-refractivity contribution in [1.82, 2.24) is 5.32 Å². The summed E-state index contributed by atoms with van der Waals surface area (Å²) in [7, 11) is 1.40. The highest BCUT2D eigenvalue weighted by Crippen LogP contribution is 2.36. The van der Waals surface area contributed by atoms with Crippen LogP contribution in [0, 0.1) is 5.92 Å². The molecule has 116 valence electrons. The number of rotatable bonds is 2. The Morgan fingerprint density at radius 3 is 2.67 bits per heavy atom. The molecule has 0 spiro atoms. The van der Waals surface area contributed by atoms with Gasteiger partial charge in [-0.15, -0.1) is 0 Å². The lowest BCUT2D eigenvalue weighted by atomic mass is 9.91. The van der Waals surface area contributed by atoms with Crippen LogP contribution >= 0.6 is 0 Å². The quantitative estimate of drug-likeness (QED) is 0.795. The Bertz CT molecular complexity index is 499. The number of carbonyl (C=O) groups is 2. The molecular weight excluding hydrogens is 270 g/mol. The van der Waals surface area contributed by atoms with E-state index in [2.05, 4.69) is 5.32 Å². The van der Waals surface area contributed by atoms with Crippen LogP contribution in [0.4, 0.5) is 4.79 Å². The van der Waals surface area contributed by atoms with Crippen LogP contribution in [-0.2, 0) is 14.3 Å². The van der Waals surface area contributed by atoms with Crippen molar-refractivity contribution < 1.29 is 19.1 Å². The molecule has 2 atom stereocenters. The largest absolute Gasteiger partial charge is 0.469 e. The number of esters is 1. The van der Waals surface area contributed by atoms with Gasteiger partial charge in [0, 0.05) is 0 Å². The predicted octanol–water partition coefficient (Wildman–Crippen LogP) is 2.72. The molecule has 21 heavy (non-hydrogen) atoms. The molecule has 1 N–H and O–H groups in total. The third kappa shape index (κ3) is 3.86. The molecule has 2 aliphatic carbocycles. The van der Waals surface area contributed by atoms with Crippen molar-refractivity contribution in [3.8, 4) is 0 Å². The van der Waals surface area contributed by atoms with E-state index in [1.54, 1.807) is 0 Å². The minimum Gasteiger partial charge on any atom is -0.469 e. The van der Waals surface area contributed by atoms with Gasteiger partial charge in [-0.3, -0.25) is 4.79 Å². The normalized spacial score (nSPS) is 24.6. The topological polar surface area (TPSA) is 64.6 Å². The summed E-state index contributed by atoms with van der Waals surface area (Å²) in [6.07, 6.45) is 5.93. The summed E-state index contributed by atoms with van der Waals surface area (Å²) in [5.41, 5.74) is 1.75. The fourth-order valence-corrected chi connectivity index (χ4v) is 2.76. The maximum Gasteiger partial charge on any atom is 0.408 e. The molecule has 0 radical (unpaired) electrons. The third-order valence-corrected chi connectivity index (χ3v) is 3.64. The lowest BCUT2D eigenvalue weighted by Crippen LogP contribution is -2.38. The van der Waals surface area contributed by atoms with Crippen LogP contribution in [0.2, 0.25) is 0 Å². The number of nitrogens with one attached hydrogen (secondary N) is 1. The number of fused-ring (bicyclic) bond motifs is 1. The fraction of sp³-hybridized carbons (Fsp3) is 0.625. The minimum atomic E-state index is -0.502. The van der Waals surface area contributed by atoms with E-state index in [4.69, 9.17) is 9.47 Å². The van der Waals surface area contributed by atoms with Gasteiger partial charge in [0.2, 0.25) is 0 Å². The highest BCUT2D eigenvalue weighted by Gasteiger charge is 2.32. The van der Waals surface area contributed by atoms with Gasteiger partial charge in [-0.2, -0.15) is 0 Å². The molecule has 2 aliphatic rings. The average Bonchev–Trinajstić information content (AvgIpc) is 2.78. The molecule has 1 fully saturated rings. The first-order valence-electron chi connectivity index (χ1n) is 7.28. The smallest absolute Gasteiger partial charge is 0.408 e. The summed E-state index contributed by atoms with van der Waals surface area (Å²) in [4.78, 5) is 23.4. The summed E-state index contributed by atoms with van der Waals surface area (Å²) in [6, 6.07) is -0.0234. The van der Waals surface area contributed by atoms with Crippen LogP contribution in [0.15, 0.2) is 23.3 Å². The second-order valence-corrected chi connectivity index (χ2v) is 6.45. The van der Waals surface area contributed by atoms with Crippen LogP contribution in [0.5, 0.6) is 0 Å². The van der Waals surface area contributed by atoms with Gasteiger partial charge >= 0.3 is 12.1 Å². The van der Waals surface area contributed by atoms with Gasteiger partial charge in [-0.25, -0.2) is 4.79 Å². The monoisotopic (exact) mass is 293 g/mol. The van der Waals surface area contributed by atoms with Crippen LogP contribution in [-0.4, -0.2) is 30.8 Å². The van der Waals surface area contributed by atoms with Gasteiger partial charge in [0.25, 0.3) is 0 Å².